The molecule has 10 heteroatoms. The smallest absolute Gasteiger partial charge is 0.340 e. The van der Waals surface area contributed by atoms with Crippen LogP contribution in [0.3, 0.4) is 0 Å². The second-order valence-corrected chi connectivity index (χ2v) is 8.34. The molecule has 0 atom stereocenters. The first-order valence-corrected chi connectivity index (χ1v) is 10.3. The van der Waals surface area contributed by atoms with Gasteiger partial charge in [0.2, 0.25) is 10.0 Å². The second-order valence-electron chi connectivity index (χ2n) is 6.41. The number of hydrogen-bond donors (Lipinski definition) is 1. The van der Waals surface area contributed by atoms with E-state index in [0.29, 0.717) is 0 Å². The molecule has 1 amide bonds. The third-order valence-electron chi connectivity index (χ3n) is 4.53. The van der Waals surface area contributed by atoms with Crippen LogP contribution in [0.25, 0.3) is 0 Å². The zero-order chi connectivity index (χ0) is 21.0. The van der Waals surface area contributed by atoms with Gasteiger partial charge in [0.05, 0.1) is 10.5 Å². The van der Waals surface area contributed by atoms with Gasteiger partial charge in [0, 0.05) is 31.9 Å². The van der Waals surface area contributed by atoms with Gasteiger partial charge in [-0.3, -0.25) is 4.79 Å². The van der Waals surface area contributed by atoms with Gasteiger partial charge in [0.15, 0.2) is 6.61 Å². The molecule has 0 unspecified atom stereocenters. The molecule has 0 aliphatic carbocycles. The van der Waals surface area contributed by atoms with E-state index in [-0.39, 0.29) is 42.3 Å². The molecule has 0 bridgehead atoms. The number of ether oxygens (including phenoxy) is 1. The number of nitrogens with two attached hydrogens (primary N) is 1. The van der Waals surface area contributed by atoms with Gasteiger partial charge in [0.25, 0.3) is 5.91 Å². The molecule has 0 radical (unpaired) electrons. The summed E-state index contributed by atoms with van der Waals surface area (Å²) in [7, 11) is -3.62. The van der Waals surface area contributed by atoms with Gasteiger partial charge in [-0.1, -0.05) is 18.2 Å². The molecule has 2 aromatic carbocycles. The van der Waals surface area contributed by atoms with Crippen molar-refractivity contribution in [3.05, 3.63) is 59.9 Å². The zero-order valence-electron chi connectivity index (χ0n) is 15.5. The molecule has 0 spiro atoms. The van der Waals surface area contributed by atoms with Crippen LogP contribution in [0.15, 0.2) is 53.4 Å². The lowest BCUT2D eigenvalue weighted by atomic mass is 10.2. The number of rotatable bonds is 5. The van der Waals surface area contributed by atoms with Crippen LogP contribution in [0.2, 0.25) is 0 Å². The van der Waals surface area contributed by atoms with Crippen LogP contribution in [-0.4, -0.2) is 62.3 Å². The lowest BCUT2D eigenvalue weighted by Gasteiger charge is -2.33. The summed E-state index contributed by atoms with van der Waals surface area (Å²) in [5.41, 5.74) is 5.47. The summed E-state index contributed by atoms with van der Waals surface area (Å²) in [6.07, 6.45) is 0. The van der Waals surface area contributed by atoms with Crippen LogP contribution in [0.4, 0.5) is 10.1 Å². The average molecular weight is 421 g/mol. The van der Waals surface area contributed by atoms with E-state index in [1.54, 1.807) is 18.2 Å². The maximum absolute atomic E-state index is 13.1. The molecule has 1 heterocycles. The van der Waals surface area contributed by atoms with Crippen LogP contribution >= 0.6 is 0 Å². The van der Waals surface area contributed by atoms with Crippen molar-refractivity contribution in [1.29, 1.82) is 0 Å². The van der Waals surface area contributed by atoms with Crippen molar-refractivity contribution < 1.29 is 27.1 Å². The Bertz CT molecular complexity index is 1010. The van der Waals surface area contributed by atoms with E-state index in [4.69, 9.17) is 10.5 Å². The summed E-state index contributed by atoms with van der Waals surface area (Å²) in [5.74, 6) is -1.87. The fourth-order valence-electron chi connectivity index (χ4n) is 2.94. The fourth-order valence-corrected chi connectivity index (χ4v) is 4.38. The van der Waals surface area contributed by atoms with Crippen molar-refractivity contribution in [1.82, 2.24) is 9.21 Å². The predicted octanol–water partition coefficient (Wildman–Crippen LogP) is 1.10. The van der Waals surface area contributed by atoms with Gasteiger partial charge in [-0.25, -0.2) is 17.6 Å². The number of piperazine rings is 1. The van der Waals surface area contributed by atoms with Crippen LogP contribution in [0.1, 0.15) is 10.4 Å². The van der Waals surface area contributed by atoms with Crippen LogP contribution in [0, 0.1) is 5.82 Å². The molecule has 0 aromatic heterocycles. The molecule has 29 heavy (non-hydrogen) atoms. The van der Waals surface area contributed by atoms with Crippen molar-refractivity contribution >= 4 is 27.6 Å². The van der Waals surface area contributed by atoms with Gasteiger partial charge >= 0.3 is 5.97 Å². The van der Waals surface area contributed by atoms with Gasteiger partial charge in [-0.15, -0.1) is 0 Å². The summed E-state index contributed by atoms with van der Waals surface area (Å²) in [6.45, 7) is 0.132. The van der Waals surface area contributed by atoms with Crippen molar-refractivity contribution in [2.24, 2.45) is 0 Å². The summed E-state index contributed by atoms with van der Waals surface area (Å²) >= 11 is 0. The van der Waals surface area contributed by atoms with E-state index >= 15 is 0 Å². The van der Waals surface area contributed by atoms with Crippen molar-refractivity contribution in [3.63, 3.8) is 0 Å². The van der Waals surface area contributed by atoms with Crippen LogP contribution in [-0.2, 0) is 19.6 Å². The molecule has 2 N–H and O–H groups in total. The van der Waals surface area contributed by atoms with Gasteiger partial charge in [0.1, 0.15) is 5.82 Å². The number of carbonyl (C=O) groups excluding carboxylic acids is 2. The van der Waals surface area contributed by atoms with Crippen LogP contribution in [0.5, 0.6) is 0 Å². The minimum Gasteiger partial charge on any atom is -0.452 e. The summed E-state index contributed by atoms with van der Waals surface area (Å²) in [4.78, 5) is 25.9. The third kappa shape index (κ3) is 4.72. The topological polar surface area (TPSA) is 110 Å². The quantitative estimate of drug-likeness (QED) is 0.572. The van der Waals surface area contributed by atoms with Gasteiger partial charge in [-0.2, -0.15) is 4.31 Å². The lowest BCUT2D eigenvalue weighted by molar-refractivity contribution is -0.135. The lowest BCUT2D eigenvalue weighted by Crippen LogP contribution is -2.51. The Labute approximate surface area is 167 Å². The number of halogens is 1. The molecule has 1 fully saturated rings. The highest BCUT2D eigenvalue weighted by molar-refractivity contribution is 7.89. The molecule has 1 aliphatic heterocycles. The molecule has 3 rings (SSSR count). The van der Waals surface area contributed by atoms with E-state index in [0.717, 1.165) is 12.1 Å². The first-order valence-electron chi connectivity index (χ1n) is 8.84. The van der Waals surface area contributed by atoms with E-state index in [9.17, 15) is 22.4 Å². The summed E-state index contributed by atoms with van der Waals surface area (Å²) < 4.78 is 44.5. The number of sulfonamides is 1. The predicted molar refractivity (Wildman–Crippen MR) is 103 cm³/mol. The molecule has 154 valence electrons. The molecular formula is C19H20FN3O5S. The Balaban J connectivity index is 1.53. The Kier molecular flexibility index (Phi) is 6.14. The minimum absolute atomic E-state index is 0.0297. The fraction of sp³-hybridized carbons (Fsp3) is 0.263. The summed E-state index contributed by atoms with van der Waals surface area (Å²) in [5, 5.41) is 0. The Hall–Kier alpha value is -2.98. The Morgan fingerprint density at radius 1 is 1.03 bits per heavy atom. The number of nitrogen functional groups attached to an aromatic ring is 1. The maximum Gasteiger partial charge on any atom is 0.340 e. The number of esters is 1. The summed E-state index contributed by atoms with van der Waals surface area (Å²) in [6, 6.07) is 11.3. The number of anilines is 1. The number of nitrogens with zero attached hydrogens (tertiary/aromatic N) is 2. The van der Waals surface area contributed by atoms with Gasteiger partial charge < -0.3 is 15.4 Å². The number of hydrogen-bond acceptors (Lipinski definition) is 6. The van der Waals surface area contributed by atoms with E-state index in [1.807, 2.05) is 0 Å². The highest BCUT2D eigenvalue weighted by atomic mass is 32.2. The van der Waals surface area contributed by atoms with E-state index < -0.39 is 34.3 Å². The largest absolute Gasteiger partial charge is 0.452 e. The number of carbonyl (C=O) groups is 2. The van der Waals surface area contributed by atoms with E-state index in [2.05, 4.69) is 0 Å². The Morgan fingerprint density at radius 2 is 1.69 bits per heavy atom. The standard InChI is InChI=1S/C19H20FN3O5S/c20-14-6-7-16(17(21)12-14)19(25)28-13-18(24)22-8-10-23(11-9-22)29(26,27)15-4-2-1-3-5-15/h1-7,12H,8-11,13,21H2. The monoisotopic (exact) mass is 421 g/mol. The van der Waals surface area contributed by atoms with Crippen LogP contribution < -0.4 is 5.73 Å². The van der Waals surface area contributed by atoms with Gasteiger partial charge in [-0.05, 0) is 30.3 Å². The minimum atomic E-state index is -3.62. The highest BCUT2D eigenvalue weighted by Crippen LogP contribution is 2.18. The highest BCUT2D eigenvalue weighted by Gasteiger charge is 2.30. The SMILES string of the molecule is Nc1cc(F)ccc1C(=O)OCC(=O)N1CCN(S(=O)(=O)c2ccccc2)CC1. The molecule has 2 aromatic rings. The van der Waals surface area contributed by atoms with E-state index in [1.165, 1.54) is 27.4 Å². The third-order valence-corrected chi connectivity index (χ3v) is 6.45. The second kappa shape index (κ2) is 8.58. The molecular weight excluding hydrogens is 401 g/mol. The number of benzene rings is 2. The normalized spacial score (nSPS) is 15.1. The maximum atomic E-state index is 13.1. The average Bonchev–Trinajstić information content (AvgIpc) is 2.72. The molecule has 0 saturated carbocycles. The first kappa shape index (κ1) is 20.7. The van der Waals surface area contributed by atoms with Crippen molar-refractivity contribution in [3.8, 4) is 0 Å². The Morgan fingerprint density at radius 3 is 2.31 bits per heavy atom. The molecule has 8 nitrogen and oxygen atoms in total. The van der Waals surface area contributed by atoms with Crippen molar-refractivity contribution in [2.75, 3.05) is 38.5 Å². The van der Waals surface area contributed by atoms with Crippen molar-refractivity contribution in [2.45, 2.75) is 4.90 Å². The molecule has 1 aliphatic rings. The first-order chi connectivity index (χ1) is 13.8. The zero-order valence-corrected chi connectivity index (χ0v) is 16.3. The molecule has 1 saturated heterocycles. The number of amides is 1.